The predicted molar refractivity (Wildman–Crippen MR) is 96.4 cm³/mol. The third-order valence-electron chi connectivity index (χ3n) is 4.63. The maximum Gasteiger partial charge on any atom is 0.254 e. The molecule has 3 rings (SSSR count). The first-order chi connectivity index (χ1) is 12.0. The van der Waals surface area contributed by atoms with E-state index in [9.17, 15) is 9.59 Å². The van der Waals surface area contributed by atoms with Gasteiger partial charge in [-0.1, -0.05) is 6.58 Å². The number of carbonyl (C=O) groups excluding carboxylic acids is 2. The monoisotopic (exact) mass is 338 g/mol. The Kier molecular flexibility index (Phi) is 4.70. The van der Waals surface area contributed by atoms with Crippen LogP contribution in [-0.4, -0.2) is 39.9 Å². The van der Waals surface area contributed by atoms with Crippen molar-refractivity contribution in [1.82, 2.24) is 14.5 Å². The fraction of sp³-hybridized carbons (Fsp3) is 0.316. The minimum atomic E-state index is -0.186. The zero-order valence-electron chi connectivity index (χ0n) is 14.6. The lowest BCUT2D eigenvalue weighted by atomic mass is 10.1. The zero-order valence-corrected chi connectivity index (χ0v) is 14.6. The summed E-state index contributed by atoms with van der Waals surface area (Å²) in [6.07, 6.45) is 3.93. The maximum absolute atomic E-state index is 12.8. The van der Waals surface area contributed by atoms with Gasteiger partial charge in [0.25, 0.3) is 5.91 Å². The largest absolute Gasteiger partial charge is 0.334 e. The minimum absolute atomic E-state index is 0.0130. The topological polar surface area (TPSA) is 58.4 Å². The van der Waals surface area contributed by atoms with Gasteiger partial charge in [-0.05, 0) is 37.3 Å². The molecule has 2 aromatic rings. The highest BCUT2D eigenvalue weighted by Crippen LogP contribution is 2.21. The Labute approximate surface area is 147 Å². The number of amides is 2. The number of rotatable bonds is 4. The van der Waals surface area contributed by atoms with Crippen molar-refractivity contribution in [3.8, 4) is 0 Å². The van der Waals surface area contributed by atoms with Crippen molar-refractivity contribution in [2.45, 2.75) is 26.4 Å². The summed E-state index contributed by atoms with van der Waals surface area (Å²) in [5.41, 5.74) is 3.55. The van der Waals surface area contributed by atoms with Gasteiger partial charge in [0, 0.05) is 43.5 Å². The van der Waals surface area contributed by atoms with Gasteiger partial charge in [0.2, 0.25) is 5.91 Å². The molecule has 6 heteroatoms. The summed E-state index contributed by atoms with van der Waals surface area (Å²) in [4.78, 5) is 32.1. The van der Waals surface area contributed by atoms with Crippen LogP contribution >= 0.6 is 0 Å². The molecule has 0 fully saturated rings. The van der Waals surface area contributed by atoms with E-state index in [0.717, 1.165) is 24.3 Å². The van der Waals surface area contributed by atoms with Gasteiger partial charge < -0.3 is 14.4 Å². The van der Waals surface area contributed by atoms with E-state index < -0.39 is 0 Å². The van der Waals surface area contributed by atoms with Crippen LogP contribution in [0.5, 0.6) is 0 Å². The van der Waals surface area contributed by atoms with Crippen LogP contribution in [0.1, 0.15) is 28.7 Å². The molecule has 0 atom stereocenters. The molecule has 6 nitrogen and oxygen atoms in total. The number of fused-ring (bicyclic) bond motifs is 1. The van der Waals surface area contributed by atoms with Crippen LogP contribution in [0.25, 0.3) is 0 Å². The van der Waals surface area contributed by atoms with Gasteiger partial charge in [0.1, 0.15) is 0 Å². The lowest BCUT2D eigenvalue weighted by Crippen LogP contribution is -2.36. The molecule has 0 saturated carbocycles. The van der Waals surface area contributed by atoms with Crippen molar-refractivity contribution in [3.63, 3.8) is 0 Å². The SMILES string of the molecule is C=CC(=O)N(C)c1ccc(C(=O)N2CCc3c(ncn3CC)C2)cc1. The van der Waals surface area contributed by atoms with Crippen molar-refractivity contribution in [3.05, 3.63) is 60.2 Å². The van der Waals surface area contributed by atoms with E-state index in [1.165, 1.54) is 16.7 Å². The van der Waals surface area contributed by atoms with Crippen LogP contribution in [0.4, 0.5) is 5.69 Å². The number of hydrogen-bond acceptors (Lipinski definition) is 3. The summed E-state index contributed by atoms with van der Waals surface area (Å²) >= 11 is 0. The molecule has 0 radical (unpaired) electrons. The number of benzene rings is 1. The number of likely N-dealkylation sites (N-methyl/N-ethyl adjacent to an activating group) is 1. The maximum atomic E-state index is 12.8. The van der Waals surface area contributed by atoms with Crippen molar-refractivity contribution >= 4 is 17.5 Å². The Morgan fingerprint density at radius 2 is 2.04 bits per heavy atom. The van der Waals surface area contributed by atoms with Crippen molar-refractivity contribution in [2.24, 2.45) is 0 Å². The second-order valence-corrected chi connectivity index (χ2v) is 6.05. The van der Waals surface area contributed by atoms with E-state index >= 15 is 0 Å². The molecule has 1 aliphatic rings. The summed E-state index contributed by atoms with van der Waals surface area (Å²) < 4.78 is 2.14. The van der Waals surface area contributed by atoms with E-state index in [-0.39, 0.29) is 11.8 Å². The van der Waals surface area contributed by atoms with Gasteiger partial charge in [-0.3, -0.25) is 9.59 Å². The molecule has 130 valence electrons. The fourth-order valence-corrected chi connectivity index (χ4v) is 3.09. The van der Waals surface area contributed by atoms with Gasteiger partial charge in [0.15, 0.2) is 0 Å². The number of imidazole rings is 1. The van der Waals surface area contributed by atoms with Crippen molar-refractivity contribution in [1.29, 1.82) is 0 Å². The first-order valence-electron chi connectivity index (χ1n) is 8.37. The van der Waals surface area contributed by atoms with Gasteiger partial charge >= 0.3 is 0 Å². The highest BCUT2D eigenvalue weighted by atomic mass is 16.2. The summed E-state index contributed by atoms with van der Waals surface area (Å²) in [5, 5.41) is 0. The van der Waals surface area contributed by atoms with E-state index in [2.05, 4.69) is 23.1 Å². The zero-order chi connectivity index (χ0) is 18.0. The first kappa shape index (κ1) is 17.0. The molecule has 1 aromatic heterocycles. The van der Waals surface area contributed by atoms with E-state index in [0.29, 0.717) is 18.7 Å². The first-order valence-corrected chi connectivity index (χ1v) is 8.37. The third-order valence-corrected chi connectivity index (χ3v) is 4.63. The summed E-state index contributed by atoms with van der Waals surface area (Å²) in [6.45, 7) is 7.70. The van der Waals surface area contributed by atoms with Gasteiger partial charge in [-0.2, -0.15) is 0 Å². The number of nitrogens with zero attached hydrogens (tertiary/aromatic N) is 4. The summed E-state index contributed by atoms with van der Waals surface area (Å²) in [7, 11) is 1.68. The number of hydrogen-bond donors (Lipinski definition) is 0. The second-order valence-electron chi connectivity index (χ2n) is 6.05. The molecule has 0 bridgehead atoms. The smallest absolute Gasteiger partial charge is 0.254 e. The molecule has 0 aliphatic carbocycles. The Morgan fingerprint density at radius 3 is 2.68 bits per heavy atom. The Bertz CT molecular complexity index is 807. The van der Waals surface area contributed by atoms with Crippen LogP contribution in [0.15, 0.2) is 43.2 Å². The molecular formula is C19H22N4O2. The van der Waals surface area contributed by atoms with Crippen LogP contribution < -0.4 is 4.90 Å². The molecule has 2 amide bonds. The van der Waals surface area contributed by atoms with Crippen molar-refractivity contribution in [2.75, 3.05) is 18.5 Å². The molecule has 0 saturated heterocycles. The van der Waals surface area contributed by atoms with Gasteiger partial charge in [-0.15, -0.1) is 0 Å². The predicted octanol–water partition coefficient (Wildman–Crippen LogP) is 2.25. The second kappa shape index (κ2) is 6.93. The van der Waals surface area contributed by atoms with E-state index in [1.54, 1.807) is 31.3 Å². The molecule has 0 unspecified atom stereocenters. The van der Waals surface area contributed by atoms with E-state index in [4.69, 9.17) is 0 Å². The van der Waals surface area contributed by atoms with Crippen LogP contribution in [-0.2, 0) is 24.3 Å². The quantitative estimate of drug-likeness (QED) is 0.804. The number of anilines is 1. The van der Waals surface area contributed by atoms with Crippen LogP contribution in [0.2, 0.25) is 0 Å². The van der Waals surface area contributed by atoms with Crippen LogP contribution in [0.3, 0.4) is 0 Å². The van der Waals surface area contributed by atoms with Crippen molar-refractivity contribution < 1.29 is 9.59 Å². The average molecular weight is 338 g/mol. The number of aromatic nitrogens is 2. The fourth-order valence-electron chi connectivity index (χ4n) is 3.09. The lowest BCUT2D eigenvalue weighted by molar-refractivity contribution is -0.113. The molecular weight excluding hydrogens is 316 g/mol. The Hall–Kier alpha value is -2.89. The standard InChI is InChI=1S/C19H22N4O2/c1-4-18(24)21(3)15-8-6-14(7-9-15)19(25)23-11-10-17-16(12-23)20-13-22(17)5-2/h4,6-9,13H,1,5,10-12H2,2-3H3. The summed E-state index contributed by atoms with van der Waals surface area (Å²) in [5.74, 6) is -0.199. The Morgan fingerprint density at radius 1 is 1.32 bits per heavy atom. The molecule has 0 spiro atoms. The molecule has 2 heterocycles. The third kappa shape index (κ3) is 3.20. The molecule has 1 aliphatic heterocycles. The summed E-state index contributed by atoms with van der Waals surface area (Å²) in [6, 6.07) is 7.06. The normalized spacial score (nSPS) is 13.3. The highest BCUT2D eigenvalue weighted by molar-refractivity contribution is 6.01. The lowest BCUT2D eigenvalue weighted by Gasteiger charge is -2.27. The molecule has 25 heavy (non-hydrogen) atoms. The average Bonchev–Trinajstić information content (AvgIpc) is 3.08. The molecule has 0 N–H and O–H groups in total. The minimum Gasteiger partial charge on any atom is -0.334 e. The Balaban J connectivity index is 1.73. The van der Waals surface area contributed by atoms with E-state index in [1.807, 2.05) is 11.2 Å². The molecule has 1 aromatic carbocycles. The number of aryl methyl sites for hydroxylation is 1. The van der Waals surface area contributed by atoms with Gasteiger partial charge in [0.05, 0.1) is 18.6 Å². The number of carbonyl (C=O) groups is 2. The van der Waals surface area contributed by atoms with Crippen LogP contribution in [0, 0.1) is 0 Å². The highest BCUT2D eigenvalue weighted by Gasteiger charge is 2.24. The van der Waals surface area contributed by atoms with Gasteiger partial charge in [-0.25, -0.2) is 4.98 Å².